The highest BCUT2D eigenvalue weighted by molar-refractivity contribution is 7.98. The van der Waals surface area contributed by atoms with Crippen LogP contribution in [0, 0.1) is 5.41 Å². The molecule has 0 aliphatic rings. The van der Waals surface area contributed by atoms with Crippen molar-refractivity contribution < 1.29 is 0 Å². The molecule has 0 fully saturated rings. The Hall–Kier alpha value is -0.470. The van der Waals surface area contributed by atoms with Gasteiger partial charge in [0.1, 0.15) is 0 Å². The first kappa shape index (κ1) is 15.6. The number of halogens is 1. The predicted octanol–water partition coefficient (Wildman–Crippen LogP) is 5.19. The van der Waals surface area contributed by atoms with Crippen LogP contribution in [0.2, 0.25) is 0 Å². The van der Waals surface area contributed by atoms with Gasteiger partial charge in [-0.15, -0.1) is 11.6 Å². The van der Waals surface area contributed by atoms with Gasteiger partial charge in [-0.05, 0) is 30.4 Å². The molecule has 0 spiro atoms. The molecule has 0 N–H and O–H groups in total. The molecule has 0 saturated heterocycles. The fourth-order valence-corrected chi connectivity index (χ4v) is 2.71. The molecular formula is C15H22ClNS. The molecule has 0 bridgehead atoms. The third kappa shape index (κ3) is 5.45. The Morgan fingerprint density at radius 2 is 1.83 bits per heavy atom. The van der Waals surface area contributed by atoms with Crippen molar-refractivity contribution >= 4 is 29.3 Å². The third-order valence-corrected chi connectivity index (χ3v) is 3.58. The lowest BCUT2D eigenvalue weighted by Crippen LogP contribution is -2.21. The fourth-order valence-electron chi connectivity index (χ4n) is 1.59. The van der Waals surface area contributed by atoms with E-state index in [9.17, 15) is 0 Å². The molecule has 0 amide bonds. The van der Waals surface area contributed by atoms with Crippen LogP contribution in [0.1, 0.15) is 39.2 Å². The number of alkyl halides is 1. The highest BCUT2D eigenvalue weighted by Gasteiger charge is 2.20. The summed E-state index contributed by atoms with van der Waals surface area (Å²) in [6.07, 6.45) is 2.20. The van der Waals surface area contributed by atoms with Crippen molar-refractivity contribution in [1.29, 1.82) is 0 Å². The zero-order valence-electron chi connectivity index (χ0n) is 11.4. The lowest BCUT2D eigenvalue weighted by molar-refractivity contribution is 0.594. The van der Waals surface area contributed by atoms with E-state index < -0.39 is 0 Å². The van der Waals surface area contributed by atoms with Crippen LogP contribution in [0.25, 0.3) is 0 Å². The molecule has 1 rings (SSSR count). The molecule has 1 aromatic rings. The van der Waals surface area contributed by atoms with E-state index in [1.54, 1.807) is 11.9 Å². The second-order valence-corrected chi connectivity index (χ2v) is 6.51. The van der Waals surface area contributed by atoms with E-state index in [-0.39, 0.29) is 5.41 Å². The second kappa shape index (κ2) is 7.85. The Morgan fingerprint density at radius 3 is 2.39 bits per heavy atom. The molecule has 0 saturated carbocycles. The summed E-state index contributed by atoms with van der Waals surface area (Å²) in [7, 11) is 0. The molecule has 0 atom stereocenters. The Balaban J connectivity index is 2.71. The summed E-state index contributed by atoms with van der Waals surface area (Å²) in [5.74, 6) is 1.79. The molecule has 0 aliphatic heterocycles. The first-order chi connectivity index (χ1) is 8.55. The van der Waals surface area contributed by atoms with E-state index in [0.29, 0.717) is 0 Å². The lowest BCUT2D eigenvalue weighted by Gasteiger charge is -2.21. The monoisotopic (exact) mass is 283 g/mol. The molecule has 100 valence electrons. The molecular weight excluding hydrogens is 262 g/mol. The maximum Gasteiger partial charge on any atom is 0.0612 e. The van der Waals surface area contributed by atoms with Crippen molar-refractivity contribution in [2.24, 2.45) is 9.81 Å². The van der Waals surface area contributed by atoms with Crippen molar-refractivity contribution in [3.05, 3.63) is 35.9 Å². The quantitative estimate of drug-likeness (QED) is 0.303. The largest absolute Gasteiger partial charge is 0.220 e. The highest BCUT2D eigenvalue weighted by atomic mass is 35.5. The first-order valence-electron chi connectivity index (χ1n) is 6.37. The van der Waals surface area contributed by atoms with Gasteiger partial charge in [0.2, 0.25) is 0 Å². The Bertz CT molecular complexity index is 368. The van der Waals surface area contributed by atoms with E-state index in [4.69, 9.17) is 16.0 Å². The maximum atomic E-state index is 5.67. The molecule has 0 unspecified atom stereocenters. The van der Waals surface area contributed by atoms with Gasteiger partial charge < -0.3 is 0 Å². The van der Waals surface area contributed by atoms with Gasteiger partial charge >= 0.3 is 0 Å². The van der Waals surface area contributed by atoms with Gasteiger partial charge in [-0.1, -0.05) is 51.1 Å². The van der Waals surface area contributed by atoms with Crippen molar-refractivity contribution in [1.82, 2.24) is 0 Å². The average Bonchev–Trinajstić information content (AvgIpc) is 2.33. The highest BCUT2D eigenvalue weighted by Crippen LogP contribution is 2.24. The zero-order valence-corrected chi connectivity index (χ0v) is 13.0. The van der Waals surface area contributed by atoms with Crippen LogP contribution in [-0.2, 0) is 0 Å². The second-order valence-electron chi connectivity index (χ2n) is 5.29. The number of nitrogens with zero attached hydrogens (tertiary/aromatic N) is 1. The van der Waals surface area contributed by atoms with Gasteiger partial charge in [0.05, 0.1) is 5.71 Å². The van der Waals surface area contributed by atoms with Crippen LogP contribution in [0.3, 0.4) is 0 Å². The van der Waals surface area contributed by atoms with Crippen LogP contribution < -0.4 is 0 Å². The standard InChI is InChI=1S/C15H22ClNS/c1-15(2,3)14(13-9-5-4-6-10-13)17-18-12-8-7-11-16/h4-6,9-10H,7-8,11-12H2,1-3H3/b17-14-. The van der Waals surface area contributed by atoms with E-state index in [1.807, 2.05) is 6.07 Å². The molecule has 1 nitrogen and oxygen atoms in total. The molecule has 18 heavy (non-hydrogen) atoms. The van der Waals surface area contributed by atoms with Gasteiger partial charge in [-0.3, -0.25) is 0 Å². The average molecular weight is 284 g/mol. The number of rotatable bonds is 6. The van der Waals surface area contributed by atoms with E-state index in [2.05, 4.69) is 45.0 Å². The molecule has 0 aliphatic carbocycles. The summed E-state index contributed by atoms with van der Waals surface area (Å²) in [6, 6.07) is 10.4. The van der Waals surface area contributed by atoms with E-state index in [1.165, 1.54) is 11.3 Å². The summed E-state index contributed by atoms with van der Waals surface area (Å²) in [6.45, 7) is 6.62. The molecule has 3 heteroatoms. The predicted molar refractivity (Wildman–Crippen MR) is 84.8 cm³/mol. The summed E-state index contributed by atoms with van der Waals surface area (Å²) in [5, 5.41) is 0. The summed E-state index contributed by atoms with van der Waals surface area (Å²) >= 11 is 7.32. The Labute approximate surface area is 120 Å². The molecule has 0 radical (unpaired) electrons. The lowest BCUT2D eigenvalue weighted by atomic mass is 9.86. The van der Waals surface area contributed by atoms with Crippen LogP contribution >= 0.6 is 23.5 Å². The minimum atomic E-state index is 0.0703. The summed E-state index contributed by atoms with van der Waals surface area (Å²) < 4.78 is 4.73. The van der Waals surface area contributed by atoms with Gasteiger partial charge in [-0.2, -0.15) is 0 Å². The number of hydrogen-bond acceptors (Lipinski definition) is 2. The van der Waals surface area contributed by atoms with Gasteiger partial charge in [0, 0.05) is 17.0 Å². The smallest absolute Gasteiger partial charge is 0.0612 e. The molecule has 0 aromatic heterocycles. The topological polar surface area (TPSA) is 12.4 Å². The van der Waals surface area contributed by atoms with Crippen LogP contribution in [0.5, 0.6) is 0 Å². The van der Waals surface area contributed by atoms with Crippen molar-refractivity contribution in [2.75, 3.05) is 11.6 Å². The molecule has 0 heterocycles. The van der Waals surface area contributed by atoms with Crippen molar-refractivity contribution in [3.8, 4) is 0 Å². The van der Waals surface area contributed by atoms with Gasteiger partial charge in [0.25, 0.3) is 0 Å². The first-order valence-corrected chi connectivity index (χ1v) is 7.85. The van der Waals surface area contributed by atoms with Crippen molar-refractivity contribution in [3.63, 3.8) is 0 Å². The minimum absolute atomic E-state index is 0.0703. The van der Waals surface area contributed by atoms with E-state index in [0.717, 1.165) is 24.5 Å². The SMILES string of the molecule is CC(C)(C)/C(=N\SCCCCCl)c1ccccc1. The Kier molecular flexibility index (Phi) is 6.80. The van der Waals surface area contributed by atoms with Crippen LogP contribution in [-0.4, -0.2) is 17.3 Å². The van der Waals surface area contributed by atoms with E-state index >= 15 is 0 Å². The zero-order chi connectivity index (χ0) is 13.4. The normalized spacial score (nSPS) is 12.8. The number of unbranched alkanes of at least 4 members (excludes halogenated alkanes) is 1. The minimum Gasteiger partial charge on any atom is -0.220 e. The van der Waals surface area contributed by atoms with Crippen LogP contribution in [0.4, 0.5) is 0 Å². The van der Waals surface area contributed by atoms with Gasteiger partial charge in [0.15, 0.2) is 0 Å². The Morgan fingerprint density at radius 1 is 1.17 bits per heavy atom. The maximum absolute atomic E-state index is 5.67. The fraction of sp³-hybridized carbons (Fsp3) is 0.533. The number of hydrogen-bond donors (Lipinski definition) is 0. The molecule has 1 aromatic carbocycles. The third-order valence-electron chi connectivity index (χ3n) is 2.53. The van der Waals surface area contributed by atoms with Crippen molar-refractivity contribution in [2.45, 2.75) is 33.6 Å². The summed E-state index contributed by atoms with van der Waals surface area (Å²) in [5.41, 5.74) is 2.45. The number of benzene rings is 1. The van der Waals surface area contributed by atoms with Crippen LogP contribution in [0.15, 0.2) is 34.7 Å². The van der Waals surface area contributed by atoms with Gasteiger partial charge in [-0.25, -0.2) is 4.40 Å². The summed E-state index contributed by atoms with van der Waals surface area (Å²) in [4.78, 5) is 0.